The van der Waals surface area contributed by atoms with Gasteiger partial charge in [0.25, 0.3) is 5.91 Å². The minimum absolute atomic E-state index is 0.0311. The first-order valence-corrected chi connectivity index (χ1v) is 8.38. The molecule has 1 aliphatic heterocycles. The summed E-state index contributed by atoms with van der Waals surface area (Å²) in [6, 6.07) is 4.95. The lowest BCUT2D eigenvalue weighted by Crippen LogP contribution is -2.57. The van der Waals surface area contributed by atoms with Crippen molar-refractivity contribution in [1.29, 1.82) is 0 Å². The number of nitrogens with zero attached hydrogens (tertiary/aromatic N) is 4. The lowest BCUT2D eigenvalue weighted by molar-refractivity contribution is -0.138. The Bertz CT molecular complexity index is 762. The lowest BCUT2D eigenvalue weighted by Gasteiger charge is -2.39. The van der Waals surface area contributed by atoms with Crippen LogP contribution in [0.3, 0.4) is 0 Å². The maximum Gasteiger partial charge on any atom is 0.254 e. The Morgan fingerprint density at radius 1 is 1.21 bits per heavy atom. The molecule has 0 aliphatic carbocycles. The van der Waals surface area contributed by atoms with Crippen LogP contribution < -0.4 is 0 Å². The van der Waals surface area contributed by atoms with Gasteiger partial charge in [-0.2, -0.15) is 0 Å². The molecule has 0 radical (unpaired) electrons. The fourth-order valence-electron chi connectivity index (χ4n) is 3.09. The zero-order chi connectivity index (χ0) is 17.1. The van der Waals surface area contributed by atoms with E-state index >= 15 is 0 Å². The van der Waals surface area contributed by atoms with Crippen molar-refractivity contribution in [2.45, 2.75) is 32.2 Å². The van der Waals surface area contributed by atoms with E-state index in [1.54, 1.807) is 47.4 Å². The predicted octanol–water partition coefficient (Wildman–Crippen LogP) is 2.10. The van der Waals surface area contributed by atoms with Gasteiger partial charge in [0.2, 0.25) is 5.91 Å². The standard InChI is InChI=1S/C18H22N4O2/c1-3-4-5-16-18(24)21(2)10-11-22(16)17(23)13-6-7-14-15(12-13)20-9-8-19-14/h6-9,12,16H,3-5,10-11H2,1-2H3. The molecule has 1 fully saturated rings. The number of rotatable bonds is 4. The second-order valence-electron chi connectivity index (χ2n) is 6.18. The fourth-order valence-corrected chi connectivity index (χ4v) is 3.09. The van der Waals surface area contributed by atoms with E-state index in [0.717, 1.165) is 18.4 Å². The number of benzene rings is 1. The molecule has 6 nitrogen and oxygen atoms in total. The van der Waals surface area contributed by atoms with Crippen molar-refractivity contribution in [3.05, 3.63) is 36.2 Å². The average Bonchev–Trinajstić information content (AvgIpc) is 2.62. The summed E-state index contributed by atoms with van der Waals surface area (Å²) in [6.07, 6.45) is 5.88. The molecule has 0 saturated carbocycles. The molecule has 2 amide bonds. The van der Waals surface area contributed by atoms with Crippen LogP contribution in [0.15, 0.2) is 30.6 Å². The molecule has 1 saturated heterocycles. The monoisotopic (exact) mass is 326 g/mol. The number of hydrogen-bond donors (Lipinski definition) is 0. The van der Waals surface area contributed by atoms with Gasteiger partial charge in [0.1, 0.15) is 6.04 Å². The van der Waals surface area contributed by atoms with Gasteiger partial charge in [0.15, 0.2) is 0 Å². The third-order valence-corrected chi connectivity index (χ3v) is 4.52. The average molecular weight is 326 g/mol. The SMILES string of the molecule is CCCCC1C(=O)N(C)CCN1C(=O)c1ccc2nccnc2c1. The zero-order valence-electron chi connectivity index (χ0n) is 14.1. The van der Waals surface area contributed by atoms with Gasteiger partial charge in [-0.3, -0.25) is 19.6 Å². The maximum absolute atomic E-state index is 13.0. The maximum atomic E-state index is 13.0. The molecule has 1 unspecified atom stereocenters. The summed E-state index contributed by atoms with van der Waals surface area (Å²) in [5.74, 6) is -0.0752. The Morgan fingerprint density at radius 3 is 2.71 bits per heavy atom. The molecule has 1 atom stereocenters. The molecular weight excluding hydrogens is 304 g/mol. The summed E-state index contributed by atoms with van der Waals surface area (Å²) in [5, 5.41) is 0. The van der Waals surface area contributed by atoms with E-state index in [4.69, 9.17) is 0 Å². The van der Waals surface area contributed by atoms with E-state index in [2.05, 4.69) is 16.9 Å². The summed E-state index contributed by atoms with van der Waals surface area (Å²) < 4.78 is 0. The van der Waals surface area contributed by atoms with Gasteiger partial charge in [-0.15, -0.1) is 0 Å². The Kier molecular flexibility index (Phi) is 4.74. The van der Waals surface area contributed by atoms with Crippen LogP contribution in [-0.2, 0) is 4.79 Å². The van der Waals surface area contributed by atoms with Gasteiger partial charge < -0.3 is 9.80 Å². The van der Waals surface area contributed by atoms with Gasteiger partial charge in [-0.1, -0.05) is 19.8 Å². The van der Waals surface area contributed by atoms with Gasteiger partial charge in [-0.25, -0.2) is 0 Å². The summed E-state index contributed by atoms with van der Waals surface area (Å²) in [5.41, 5.74) is 2.00. The number of fused-ring (bicyclic) bond motifs is 1. The Balaban J connectivity index is 1.88. The number of aromatic nitrogens is 2. The van der Waals surface area contributed by atoms with E-state index in [0.29, 0.717) is 30.6 Å². The minimum atomic E-state index is -0.367. The lowest BCUT2D eigenvalue weighted by atomic mass is 10.0. The van der Waals surface area contributed by atoms with Crippen LogP contribution >= 0.6 is 0 Å². The van der Waals surface area contributed by atoms with Gasteiger partial charge in [-0.05, 0) is 24.6 Å². The number of likely N-dealkylation sites (N-methyl/N-ethyl adjacent to an activating group) is 1. The number of piperazine rings is 1. The molecule has 1 aromatic carbocycles. The molecule has 1 aromatic heterocycles. The first-order valence-electron chi connectivity index (χ1n) is 8.38. The van der Waals surface area contributed by atoms with Crippen molar-refractivity contribution in [2.75, 3.05) is 20.1 Å². The molecule has 6 heteroatoms. The van der Waals surface area contributed by atoms with E-state index in [1.807, 2.05) is 0 Å². The normalized spacial score (nSPS) is 18.2. The van der Waals surface area contributed by atoms with Crippen LogP contribution in [0.25, 0.3) is 11.0 Å². The minimum Gasteiger partial charge on any atom is -0.342 e. The number of carbonyl (C=O) groups is 2. The summed E-state index contributed by atoms with van der Waals surface area (Å²) in [7, 11) is 1.80. The highest BCUT2D eigenvalue weighted by Crippen LogP contribution is 2.20. The number of unbranched alkanes of at least 4 members (excludes halogenated alkanes) is 1. The van der Waals surface area contributed by atoms with Crippen molar-refractivity contribution in [1.82, 2.24) is 19.8 Å². The molecule has 126 valence electrons. The van der Waals surface area contributed by atoms with Crippen LogP contribution in [-0.4, -0.2) is 57.8 Å². The van der Waals surface area contributed by atoms with Gasteiger partial charge in [0.05, 0.1) is 11.0 Å². The summed E-state index contributed by atoms with van der Waals surface area (Å²) >= 11 is 0. The van der Waals surface area contributed by atoms with Gasteiger partial charge >= 0.3 is 0 Å². The van der Waals surface area contributed by atoms with Crippen molar-refractivity contribution in [3.63, 3.8) is 0 Å². The number of carbonyl (C=O) groups excluding carboxylic acids is 2. The molecule has 1 aliphatic rings. The molecule has 3 rings (SSSR count). The van der Waals surface area contributed by atoms with Crippen molar-refractivity contribution >= 4 is 22.8 Å². The van der Waals surface area contributed by atoms with Crippen molar-refractivity contribution in [2.24, 2.45) is 0 Å². The highest BCUT2D eigenvalue weighted by Gasteiger charge is 2.35. The Hall–Kier alpha value is -2.50. The topological polar surface area (TPSA) is 66.4 Å². The first-order chi connectivity index (χ1) is 11.6. The molecule has 0 N–H and O–H groups in total. The molecule has 24 heavy (non-hydrogen) atoms. The number of hydrogen-bond acceptors (Lipinski definition) is 4. The van der Waals surface area contributed by atoms with Crippen LogP contribution in [0.4, 0.5) is 0 Å². The largest absolute Gasteiger partial charge is 0.342 e. The van der Waals surface area contributed by atoms with E-state index in [1.165, 1.54) is 0 Å². The van der Waals surface area contributed by atoms with E-state index < -0.39 is 0 Å². The van der Waals surface area contributed by atoms with Crippen LogP contribution in [0, 0.1) is 0 Å². The van der Waals surface area contributed by atoms with Crippen molar-refractivity contribution < 1.29 is 9.59 Å². The van der Waals surface area contributed by atoms with Crippen LogP contribution in [0.5, 0.6) is 0 Å². The third kappa shape index (κ3) is 3.09. The summed E-state index contributed by atoms with van der Waals surface area (Å²) in [6.45, 7) is 3.22. The highest BCUT2D eigenvalue weighted by molar-refractivity contribution is 6.00. The zero-order valence-corrected chi connectivity index (χ0v) is 14.1. The molecule has 0 bridgehead atoms. The van der Waals surface area contributed by atoms with E-state index in [9.17, 15) is 9.59 Å². The smallest absolute Gasteiger partial charge is 0.254 e. The highest BCUT2D eigenvalue weighted by atomic mass is 16.2. The molecular formula is C18H22N4O2. The predicted molar refractivity (Wildman–Crippen MR) is 91.5 cm³/mol. The van der Waals surface area contributed by atoms with Crippen LogP contribution in [0.1, 0.15) is 36.5 Å². The fraction of sp³-hybridized carbons (Fsp3) is 0.444. The van der Waals surface area contributed by atoms with Gasteiger partial charge in [0, 0.05) is 38.1 Å². The quantitative estimate of drug-likeness (QED) is 0.863. The van der Waals surface area contributed by atoms with Crippen LogP contribution in [0.2, 0.25) is 0 Å². The Labute approximate surface area is 141 Å². The molecule has 0 spiro atoms. The molecule has 2 heterocycles. The number of amides is 2. The Morgan fingerprint density at radius 2 is 1.96 bits per heavy atom. The first kappa shape index (κ1) is 16.4. The second-order valence-corrected chi connectivity index (χ2v) is 6.18. The van der Waals surface area contributed by atoms with E-state index in [-0.39, 0.29) is 17.9 Å². The summed E-state index contributed by atoms with van der Waals surface area (Å²) in [4.78, 5) is 37.4. The second kappa shape index (κ2) is 6.95. The third-order valence-electron chi connectivity index (χ3n) is 4.52. The van der Waals surface area contributed by atoms with Crippen molar-refractivity contribution in [3.8, 4) is 0 Å². The molecule has 2 aromatic rings.